The third-order valence-electron chi connectivity index (χ3n) is 14.8. The quantitative estimate of drug-likeness (QED) is 0.0362. The molecule has 0 spiro atoms. The molecule has 7 aliphatic rings. The molecule has 2 bridgehead atoms. The monoisotopic (exact) mass is 1650 g/mol. The van der Waals surface area contributed by atoms with Crippen molar-refractivity contribution in [2.45, 2.75) is 166 Å². The zero-order chi connectivity index (χ0) is 69.2. The third-order valence-corrected chi connectivity index (χ3v) is 17.4. The topological polar surface area (TPSA) is 662 Å². The number of carbonyl (C=O) groups is 2. The first-order valence-corrected chi connectivity index (χ1v) is 33.7. The van der Waals surface area contributed by atoms with Crippen molar-refractivity contribution in [3.63, 3.8) is 0 Å². The largest absolute Gasteiger partial charge is 1.00 e. The Kier molecular flexibility index (Phi) is 50.0. The van der Waals surface area contributed by atoms with E-state index in [1.165, 1.54) is 0 Å². The smallest absolute Gasteiger partial charge is 0.726 e. The second-order valence-corrected chi connectivity index (χ2v) is 26.1. The summed E-state index contributed by atoms with van der Waals surface area (Å²) in [6, 6.07) is -1.56. The van der Waals surface area contributed by atoms with Crippen molar-refractivity contribution in [3.05, 3.63) is 0 Å². The van der Waals surface area contributed by atoms with E-state index in [0.717, 1.165) is 56.7 Å². The molecule has 7 rings (SSSR count). The molecule has 60 heteroatoms. The van der Waals surface area contributed by atoms with Crippen LogP contribution in [0, 0.1) is 0 Å². The maximum atomic E-state index is 13.6. The Labute approximate surface area is 750 Å². The summed E-state index contributed by atoms with van der Waals surface area (Å²) in [6.07, 6.45) is -50.8. The van der Waals surface area contributed by atoms with Crippen molar-refractivity contribution in [1.82, 2.24) is 0 Å². The van der Waals surface area contributed by atoms with Crippen LogP contribution in [0.25, 0.3) is 0 Å². The van der Waals surface area contributed by atoms with Crippen molar-refractivity contribution in [1.29, 1.82) is 0 Å². The number of hydrogen-bond acceptors (Lipinski definition) is 46. The van der Waals surface area contributed by atoms with Gasteiger partial charge in [-0.15, -0.1) is 0 Å². The molecule has 7 heterocycles. The summed E-state index contributed by atoms with van der Waals surface area (Å²) in [7, 11) is -29.4. The predicted molar refractivity (Wildman–Crippen MR) is 261 cm³/mol. The fourth-order valence-corrected chi connectivity index (χ4v) is 13.3. The SMILES string of the molecule is CC[C@]1(C(=O)[O-])O[C@@H](O[C@H]2[C@H](OS(=O)(=O)[O-])[C@@H](OS(=O)(=O)[O-])[C@@H](O[C@H]3[C@H](OC)[C@H]4OC[C@]3(C(=O)[O-])OC4O[C@H]3[C@H](OC)[C@@H](OS(=O)(=O)[O-])[C@@H](OC)O[C@@H]3COS(=O)(=O)[O-])O[C@@H]2COS(=O)(=O)[O-])[C@H](OC)[C@@H](OC)[C@@H]1O[C@@H]1O[C@H](COS(=O)(=O)[O-])[C@@H](OC)[C@H](OC)[C@H]1N.[Na+].[Na+].[Na+].[Na+].[Na+].[Na+].[Na+].[Na+]. The molecule has 538 valence electrons. The van der Waals surface area contributed by atoms with Gasteiger partial charge in [0.05, 0.1) is 44.4 Å². The average molecular weight is 1650 g/mol. The van der Waals surface area contributed by atoms with Gasteiger partial charge < -0.3 is 133 Å². The van der Waals surface area contributed by atoms with Crippen molar-refractivity contribution in [2.75, 3.05) is 76.2 Å². The molecular weight excluding hydrogens is 1590 g/mol. The molecule has 46 nitrogen and oxygen atoms in total. The summed E-state index contributed by atoms with van der Waals surface area (Å²) in [6.45, 7) is -4.50. The second-order valence-electron chi connectivity index (χ2n) is 19.9. The van der Waals surface area contributed by atoms with Gasteiger partial charge in [0, 0.05) is 49.8 Å². The van der Waals surface area contributed by atoms with Crippen molar-refractivity contribution >= 4 is 74.3 Å². The molecule has 25 atom stereocenters. The van der Waals surface area contributed by atoms with Crippen molar-refractivity contribution < 1.29 is 440 Å². The van der Waals surface area contributed by atoms with E-state index >= 15 is 0 Å². The maximum Gasteiger partial charge on any atom is 1.00 e. The van der Waals surface area contributed by atoms with Gasteiger partial charge in [0.1, 0.15) is 97.2 Å². The molecule has 7 aliphatic heterocycles. The number of carboxylic acid groups (broad SMARTS) is 2. The molecule has 1 unspecified atom stereocenters. The molecule has 0 saturated carbocycles. The molecule has 0 aliphatic carbocycles. The van der Waals surface area contributed by atoms with E-state index in [-0.39, 0.29) is 236 Å². The van der Waals surface area contributed by atoms with E-state index in [1.54, 1.807) is 0 Å². The summed E-state index contributed by atoms with van der Waals surface area (Å²) in [5, 5.41) is 27.1. The minimum atomic E-state index is -6.46. The van der Waals surface area contributed by atoms with Gasteiger partial charge in [-0.3, -0.25) is 25.1 Å². The van der Waals surface area contributed by atoms with Crippen LogP contribution in [0.1, 0.15) is 13.3 Å². The summed E-state index contributed by atoms with van der Waals surface area (Å²) in [4.78, 5) is 27.1. The maximum absolute atomic E-state index is 13.6. The van der Waals surface area contributed by atoms with Crippen LogP contribution >= 0.6 is 0 Å². The van der Waals surface area contributed by atoms with Gasteiger partial charge in [-0.05, 0) is 6.42 Å². The number of ether oxygens (including phenoxy) is 17. The fraction of sp³-hybridized carbons (Fsp3) is 0.950. The van der Waals surface area contributed by atoms with Crippen LogP contribution in [0.15, 0.2) is 0 Å². The zero-order valence-electron chi connectivity index (χ0n) is 56.2. The van der Waals surface area contributed by atoms with Gasteiger partial charge >= 0.3 is 236 Å². The van der Waals surface area contributed by atoms with E-state index < -0.39 is 260 Å². The molecule has 0 radical (unpaired) electrons. The van der Waals surface area contributed by atoms with Crippen LogP contribution in [0.3, 0.4) is 0 Å². The van der Waals surface area contributed by atoms with Crippen molar-refractivity contribution in [3.8, 4) is 0 Å². The van der Waals surface area contributed by atoms with Gasteiger partial charge in [-0.2, -0.15) is 0 Å². The number of rotatable bonds is 33. The molecule has 7 fully saturated rings. The summed E-state index contributed by atoms with van der Waals surface area (Å²) in [5.41, 5.74) is 0.0136. The standard InChI is InChI=1S/C40H67NO45S6.8Na/c1-9-39(37(42)43)30(80-32-17(41)21(65-3)18(64-2)14(75-32)10-72-87(46,47)48)24(67-5)26(69-7)35(82-39)79-20-16(12-74-89(52,53)54)77-34(29(86-92(61,62)63)23(20)84-90(55,56)57)81-31-25(68-6)27-36(83-40(31,13-71-27)38(44)45)78-19-15(11-73-88(49,50)51)76-33(70-8)28(22(19)66-4)85-91(58,59)60;;;;;;;;/h14-36H,9-13,41H2,1-8H3,(H,42,43)(H,44,45)(H,46,47,48)(H,49,50,51)(H,52,53,54)(H,55,56,57)(H,58,59,60)(H,61,62,63);;;;;;;;/q;8*+1/p-8/t14-,15-,16-,17-,18-,19-,20-,21-,22+,23+,24-,25-,26-,27-,28-,29-,30+,31+,32+,33+,34-,35-,36?,39+,40+;;;;;;;;/m1......../s1. The first-order chi connectivity index (χ1) is 42.5. The summed E-state index contributed by atoms with van der Waals surface area (Å²) >= 11 is 0. The molecule has 0 aromatic carbocycles. The van der Waals surface area contributed by atoms with Crippen molar-refractivity contribution in [2.24, 2.45) is 5.73 Å². The van der Waals surface area contributed by atoms with E-state index in [4.69, 9.17) is 86.3 Å². The zero-order valence-corrected chi connectivity index (χ0v) is 77.1. The predicted octanol–water partition coefficient (Wildman–Crippen LogP) is -35.7. The first kappa shape index (κ1) is 110. The third kappa shape index (κ3) is 28.4. The van der Waals surface area contributed by atoms with Gasteiger partial charge in [0.25, 0.3) is 0 Å². The first-order valence-electron chi connectivity index (χ1n) is 25.7. The van der Waals surface area contributed by atoms with Gasteiger partial charge in [-0.1, -0.05) is 6.92 Å². The molecule has 0 aromatic rings. The van der Waals surface area contributed by atoms with Crippen LogP contribution < -0.4 is 252 Å². The number of carboxylic acids is 2. The minimum Gasteiger partial charge on any atom is -0.726 e. The van der Waals surface area contributed by atoms with E-state index in [0.29, 0.717) is 0 Å². The Morgan fingerprint density at radius 1 is 0.400 bits per heavy atom. The van der Waals surface area contributed by atoms with E-state index in [2.05, 4.69) is 25.1 Å². The number of nitrogens with two attached hydrogens (primary N) is 1. The number of fused-ring (bicyclic) bond motifs is 3. The second kappa shape index (κ2) is 45.7. The van der Waals surface area contributed by atoms with E-state index in [1.807, 2.05) is 0 Å². The molecule has 0 aromatic heterocycles. The van der Waals surface area contributed by atoms with Crippen LogP contribution in [0.2, 0.25) is 0 Å². The normalized spacial score (nSPS) is 36.9. The Balaban J connectivity index is -0.0000118. The number of carbonyl (C=O) groups excluding carboxylic acids is 2. The Morgan fingerprint density at radius 2 is 0.780 bits per heavy atom. The Hall–Kier alpha value is 5.44. The average Bonchev–Trinajstić information content (AvgIpc) is 0.727. The number of methoxy groups -OCH3 is 7. The number of hydrogen-bond donors (Lipinski definition) is 1. The fourth-order valence-electron chi connectivity index (χ4n) is 11.0. The van der Waals surface area contributed by atoms with Gasteiger partial charge in [-0.25, -0.2) is 50.5 Å². The molecule has 7 saturated heterocycles. The Bertz CT molecular complexity index is 3260. The molecule has 100 heavy (non-hydrogen) atoms. The number of aliphatic carboxylic acids is 2. The minimum absolute atomic E-state index is 0. The molecular formula is C40H59NNa8O45S6. The van der Waals surface area contributed by atoms with Crippen LogP contribution in [0.5, 0.6) is 0 Å². The molecule has 2 N–H and O–H groups in total. The Morgan fingerprint density at radius 3 is 1.17 bits per heavy atom. The molecule has 0 amide bonds. The summed E-state index contributed by atoms with van der Waals surface area (Å²) < 4.78 is 341. The van der Waals surface area contributed by atoms with E-state index in [9.17, 15) is 97.6 Å². The van der Waals surface area contributed by atoms with Gasteiger partial charge in [0.15, 0.2) is 49.3 Å². The van der Waals surface area contributed by atoms with Crippen LogP contribution in [-0.2, 0) is 178 Å². The summed E-state index contributed by atoms with van der Waals surface area (Å²) in [5.74, 6) is -4.71. The van der Waals surface area contributed by atoms with Gasteiger partial charge in [0.2, 0.25) is 62.4 Å². The van der Waals surface area contributed by atoms with Crippen LogP contribution in [0.4, 0.5) is 0 Å². The van der Waals surface area contributed by atoms with Crippen LogP contribution in [-0.4, -0.2) is 318 Å².